The number of aromatic nitrogens is 1. The average molecular weight is 431 g/mol. The van der Waals surface area contributed by atoms with Crippen LogP contribution < -0.4 is 20.1 Å². The van der Waals surface area contributed by atoms with Crippen LogP contribution in [-0.2, 0) is 20.9 Å². The minimum Gasteiger partial charge on any atom is -0.463 e. The van der Waals surface area contributed by atoms with Crippen LogP contribution in [-0.4, -0.2) is 29.6 Å². The van der Waals surface area contributed by atoms with E-state index in [0.29, 0.717) is 21.7 Å². The van der Waals surface area contributed by atoms with Crippen LogP contribution in [0, 0.1) is 26.7 Å². The van der Waals surface area contributed by atoms with Gasteiger partial charge < -0.3 is 10.1 Å². The van der Waals surface area contributed by atoms with Gasteiger partial charge in [0.25, 0.3) is 5.56 Å². The Balaban J connectivity index is 2.59. The van der Waals surface area contributed by atoms with E-state index in [1.807, 2.05) is 40.7 Å². The monoisotopic (exact) mass is 430 g/mol. The molecular weight excluding hydrogens is 400 g/mol. The largest absolute Gasteiger partial charge is 0.463 e. The van der Waals surface area contributed by atoms with Gasteiger partial charge in [-0.1, -0.05) is 31.5 Å². The van der Waals surface area contributed by atoms with Crippen molar-refractivity contribution >= 4 is 35.4 Å². The molecule has 0 saturated heterocycles. The van der Waals surface area contributed by atoms with Crippen molar-refractivity contribution in [2.75, 3.05) is 13.2 Å². The summed E-state index contributed by atoms with van der Waals surface area (Å²) in [5.41, 5.74) is 3.96. The summed E-state index contributed by atoms with van der Waals surface area (Å²) < 4.78 is 7.19. The highest BCUT2D eigenvalue weighted by Crippen LogP contribution is 2.16. The summed E-state index contributed by atoms with van der Waals surface area (Å²) in [6.45, 7) is 12.4. The summed E-state index contributed by atoms with van der Waals surface area (Å²) in [7, 11) is 0. The molecule has 1 aromatic carbocycles. The van der Waals surface area contributed by atoms with Gasteiger partial charge in [0.1, 0.15) is 11.2 Å². The van der Waals surface area contributed by atoms with Gasteiger partial charge >= 0.3 is 5.97 Å². The number of amides is 1. The van der Waals surface area contributed by atoms with E-state index in [-0.39, 0.29) is 24.6 Å². The molecule has 1 N–H and O–H groups in total. The Labute approximate surface area is 180 Å². The summed E-state index contributed by atoms with van der Waals surface area (Å²) in [5, 5.41) is 2.81. The van der Waals surface area contributed by atoms with Crippen molar-refractivity contribution in [3.05, 3.63) is 53.9 Å². The van der Waals surface area contributed by atoms with E-state index in [9.17, 15) is 14.4 Å². The zero-order chi connectivity index (χ0) is 22.4. The Morgan fingerprint density at radius 2 is 1.83 bits per heavy atom. The van der Waals surface area contributed by atoms with Crippen LogP contribution in [0.5, 0.6) is 0 Å². The van der Waals surface area contributed by atoms with Gasteiger partial charge in [0.05, 0.1) is 17.2 Å². The lowest BCUT2D eigenvalue weighted by atomic mass is 10.00. The highest BCUT2D eigenvalue weighted by atomic mass is 32.1. The van der Waals surface area contributed by atoms with Crippen LogP contribution in [0.25, 0.3) is 12.2 Å². The molecule has 0 aliphatic rings. The molecule has 0 aliphatic carbocycles. The van der Waals surface area contributed by atoms with Crippen LogP contribution >= 0.6 is 11.3 Å². The Hall–Kier alpha value is -2.67. The predicted molar refractivity (Wildman–Crippen MR) is 121 cm³/mol. The first-order valence-corrected chi connectivity index (χ1v) is 10.9. The molecule has 1 amide bonds. The zero-order valence-electron chi connectivity index (χ0n) is 18.5. The number of carbonyl (C=O) groups is 2. The molecule has 7 heteroatoms. The molecule has 0 spiro atoms. The van der Waals surface area contributed by atoms with E-state index in [4.69, 9.17) is 4.74 Å². The SMILES string of the molecule is CCOC(=O)C=c1sc(=Cc2c(C)cc(C)cc2C)c(=O)n1CC(=O)NCC(C)C. The van der Waals surface area contributed by atoms with Crippen molar-refractivity contribution in [1.82, 2.24) is 9.88 Å². The molecule has 0 bridgehead atoms. The second-order valence-corrected chi connectivity index (χ2v) is 8.81. The Bertz CT molecular complexity index is 1090. The van der Waals surface area contributed by atoms with E-state index in [1.165, 1.54) is 22.0 Å². The lowest BCUT2D eigenvalue weighted by Gasteiger charge is -2.08. The summed E-state index contributed by atoms with van der Waals surface area (Å²) in [6.07, 6.45) is 3.11. The third-order valence-electron chi connectivity index (χ3n) is 4.49. The van der Waals surface area contributed by atoms with E-state index in [1.54, 1.807) is 6.92 Å². The van der Waals surface area contributed by atoms with Gasteiger partial charge in [-0.15, -0.1) is 11.3 Å². The van der Waals surface area contributed by atoms with Crippen molar-refractivity contribution < 1.29 is 14.3 Å². The van der Waals surface area contributed by atoms with E-state index < -0.39 is 5.97 Å². The molecule has 1 heterocycles. The van der Waals surface area contributed by atoms with E-state index in [0.717, 1.165) is 22.3 Å². The van der Waals surface area contributed by atoms with Gasteiger partial charge in [0.2, 0.25) is 5.91 Å². The molecule has 0 aliphatic heterocycles. The predicted octanol–water partition coefficient (Wildman–Crippen LogP) is 1.78. The molecule has 0 atom stereocenters. The van der Waals surface area contributed by atoms with Crippen molar-refractivity contribution in [2.45, 2.75) is 48.1 Å². The lowest BCUT2D eigenvalue weighted by Crippen LogP contribution is -2.39. The van der Waals surface area contributed by atoms with E-state index in [2.05, 4.69) is 17.4 Å². The molecule has 1 aromatic heterocycles. The zero-order valence-corrected chi connectivity index (χ0v) is 19.3. The van der Waals surface area contributed by atoms with Gasteiger partial charge in [0, 0.05) is 6.54 Å². The van der Waals surface area contributed by atoms with Crippen LogP contribution in [0.1, 0.15) is 43.0 Å². The third-order valence-corrected chi connectivity index (χ3v) is 5.55. The van der Waals surface area contributed by atoms with Gasteiger partial charge in [-0.3, -0.25) is 14.2 Å². The first-order chi connectivity index (χ1) is 14.1. The summed E-state index contributed by atoms with van der Waals surface area (Å²) >= 11 is 1.18. The minimum atomic E-state index is -0.538. The van der Waals surface area contributed by atoms with Gasteiger partial charge in [-0.25, -0.2) is 4.79 Å². The number of thiazole rings is 1. The molecule has 162 valence electrons. The fourth-order valence-electron chi connectivity index (χ4n) is 3.14. The molecule has 2 rings (SSSR count). The highest BCUT2D eigenvalue weighted by molar-refractivity contribution is 7.07. The summed E-state index contributed by atoms with van der Waals surface area (Å²) in [6, 6.07) is 4.13. The van der Waals surface area contributed by atoms with Gasteiger partial charge in [-0.05, 0) is 56.4 Å². The van der Waals surface area contributed by atoms with Crippen molar-refractivity contribution in [3.63, 3.8) is 0 Å². The van der Waals surface area contributed by atoms with Crippen LogP contribution in [0.2, 0.25) is 0 Å². The quantitative estimate of drug-likeness (QED) is 0.680. The smallest absolute Gasteiger partial charge is 0.333 e. The van der Waals surface area contributed by atoms with Crippen LogP contribution in [0.3, 0.4) is 0 Å². The third kappa shape index (κ3) is 6.16. The number of ether oxygens (including phenoxy) is 1. The Kier molecular flexibility index (Phi) is 8.17. The number of nitrogens with one attached hydrogen (secondary N) is 1. The lowest BCUT2D eigenvalue weighted by molar-refractivity contribution is -0.135. The maximum Gasteiger partial charge on any atom is 0.333 e. The van der Waals surface area contributed by atoms with E-state index >= 15 is 0 Å². The maximum absolute atomic E-state index is 13.1. The summed E-state index contributed by atoms with van der Waals surface area (Å²) in [4.78, 5) is 37.4. The molecule has 2 aromatic rings. The normalized spacial score (nSPS) is 12.5. The number of esters is 1. The topological polar surface area (TPSA) is 77.4 Å². The molecule has 0 fully saturated rings. The molecule has 0 unspecified atom stereocenters. The summed E-state index contributed by atoms with van der Waals surface area (Å²) in [5.74, 6) is -0.504. The van der Waals surface area contributed by atoms with Gasteiger partial charge in [0.15, 0.2) is 0 Å². The average Bonchev–Trinajstić information content (AvgIpc) is 2.91. The number of nitrogens with zero attached hydrogens (tertiary/aromatic N) is 1. The van der Waals surface area contributed by atoms with Crippen molar-refractivity contribution in [1.29, 1.82) is 0 Å². The number of rotatable bonds is 7. The number of carbonyl (C=O) groups excluding carboxylic acids is 2. The Morgan fingerprint density at radius 1 is 1.20 bits per heavy atom. The molecule has 30 heavy (non-hydrogen) atoms. The maximum atomic E-state index is 13.1. The Morgan fingerprint density at radius 3 is 2.40 bits per heavy atom. The van der Waals surface area contributed by atoms with Gasteiger partial charge in [-0.2, -0.15) is 0 Å². The first kappa shape index (κ1) is 23.6. The molecule has 0 radical (unpaired) electrons. The van der Waals surface area contributed by atoms with Crippen molar-refractivity contribution in [3.8, 4) is 0 Å². The second-order valence-electron chi connectivity index (χ2n) is 7.75. The van der Waals surface area contributed by atoms with Crippen molar-refractivity contribution in [2.24, 2.45) is 5.92 Å². The highest BCUT2D eigenvalue weighted by Gasteiger charge is 2.12. The number of benzene rings is 1. The molecule has 6 nitrogen and oxygen atoms in total. The molecular formula is C23H30N2O4S. The number of hydrogen-bond donors (Lipinski definition) is 1. The minimum absolute atomic E-state index is 0.146. The number of hydrogen-bond acceptors (Lipinski definition) is 5. The standard InChI is InChI=1S/C23H30N2O4S/c1-7-29-22(27)11-21-25(13-20(26)24-12-14(2)3)23(28)19(30-21)10-18-16(5)8-15(4)9-17(18)6/h8-11,14H,7,12-13H2,1-6H3,(H,24,26). The first-order valence-electron chi connectivity index (χ1n) is 10.1. The second kappa shape index (κ2) is 10.4. The fraction of sp³-hybridized carbons (Fsp3) is 0.435. The van der Waals surface area contributed by atoms with Crippen LogP contribution in [0.15, 0.2) is 16.9 Å². The number of aryl methyl sites for hydroxylation is 3. The molecule has 0 saturated carbocycles. The fourth-order valence-corrected chi connectivity index (χ4v) is 4.16. The van der Waals surface area contributed by atoms with Crippen LogP contribution in [0.4, 0.5) is 0 Å².